The highest BCUT2D eigenvalue weighted by Gasteiger charge is 2.18. The molecule has 9 heteroatoms. The van der Waals surface area contributed by atoms with Crippen molar-refractivity contribution in [2.24, 2.45) is 5.10 Å². The average Bonchev–Trinajstić information content (AvgIpc) is 2.73. The molecule has 1 aromatic carbocycles. The van der Waals surface area contributed by atoms with Crippen molar-refractivity contribution in [2.75, 3.05) is 32.9 Å². The number of hydrazone groups is 1. The number of ether oxygens (including phenoxy) is 2. The van der Waals surface area contributed by atoms with Gasteiger partial charge in [0.15, 0.2) is 6.61 Å². The van der Waals surface area contributed by atoms with Gasteiger partial charge in [-0.3, -0.25) is 14.4 Å². The Bertz CT molecular complexity index is 716. The lowest BCUT2D eigenvalue weighted by Gasteiger charge is -2.26. The van der Waals surface area contributed by atoms with E-state index in [1.165, 1.54) is 6.21 Å². The molecule has 0 aliphatic carbocycles. The van der Waals surface area contributed by atoms with Crippen LogP contribution < -0.4 is 15.5 Å². The topological polar surface area (TPSA) is 109 Å². The van der Waals surface area contributed by atoms with Gasteiger partial charge in [0.25, 0.3) is 5.91 Å². The van der Waals surface area contributed by atoms with Crippen LogP contribution in [-0.2, 0) is 19.1 Å². The molecule has 1 aliphatic heterocycles. The fourth-order valence-electron chi connectivity index (χ4n) is 2.36. The van der Waals surface area contributed by atoms with Crippen LogP contribution >= 0.6 is 0 Å². The van der Waals surface area contributed by atoms with Crippen molar-refractivity contribution in [3.8, 4) is 5.75 Å². The molecule has 2 rings (SSSR count). The summed E-state index contributed by atoms with van der Waals surface area (Å²) in [5.41, 5.74) is 2.75. The van der Waals surface area contributed by atoms with Gasteiger partial charge in [-0.05, 0) is 25.5 Å². The van der Waals surface area contributed by atoms with E-state index < -0.39 is 11.8 Å². The number of amides is 3. The van der Waals surface area contributed by atoms with Gasteiger partial charge in [-0.2, -0.15) is 5.10 Å². The Morgan fingerprint density at radius 2 is 1.96 bits per heavy atom. The number of para-hydroxylation sites is 1. The van der Waals surface area contributed by atoms with Crippen molar-refractivity contribution in [2.45, 2.75) is 26.3 Å². The molecule has 2 N–H and O–H groups in total. The highest BCUT2D eigenvalue weighted by Crippen LogP contribution is 2.16. The number of morpholine rings is 1. The average molecular weight is 390 g/mol. The molecule has 1 heterocycles. The van der Waals surface area contributed by atoms with Crippen LogP contribution in [0.4, 0.5) is 0 Å². The zero-order chi connectivity index (χ0) is 20.4. The van der Waals surface area contributed by atoms with Gasteiger partial charge in [0.1, 0.15) is 5.75 Å². The first-order chi connectivity index (χ1) is 13.5. The van der Waals surface area contributed by atoms with Gasteiger partial charge >= 0.3 is 11.8 Å². The Hall–Kier alpha value is -2.94. The summed E-state index contributed by atoms with van der Waals surface area (Å²) in [6, 6.07) is 6.87. The van der Waals surface area contributed by atoms with Gasteiger partial charge in [-0.1, -0.05) is 19.1 Å². The summed E-state index contributed by atoms with van der Waals surface area (Å²) in [6.45, 7) is 5.77. The lowest BCUT2D eigenvalue weighted by Crippen LogP contribution is -2.43. The molecule has 0 aromatic heterocycles. The van der Waals surface area contributed by atoms with Crippen LogP contribution in [0.2, 0.25) is 0 Å². The molecule has 3 amide bonds. The van der Waals surface area contributed by atoms with Gasteiger partial charge in [-0.25, -0.2) is 5.43 Å². The zero-order valence-electron chi connectivity index (χ0n) is 16.1. The number of hydrogen-bond acceptors (Lipinski definition) is 6. The summed E-state index contributed by atoms with van der Waals surface area (Å²) in [5, 5.41) is 6.35. The van der Waals surface area contributed by atoms with E-state index in [9.17, 15) is 14.4 Å². The molecule has 28 heavy (non-hydrogen) atoms. The molecule has 0 saturated carbocycles. The summed E-state index contributed by atoms with van der Waals surface area (Å²) >= 11 is 0. The van der Waals surface area contributed by atoms with Crippen molar-refractivity contribution in [1.82, 2.24) is 15.6 Å². The zero-order valence-corrected chi connectivity index (χ0v) is 16.1. The summed E-state index contributed by atoms with van der Waals surface area (Å²) in [6.07, 6.45) is 2.08. The van der Waals surface area contributed by atoms with E-state index in [4.69, 9.17) is 9.47 Å². The molecule has 1 aromatic rings. The maximum Gasteiger partial charge on any atom is 0.329 e. The predicted molar refractivity (Wildman–Crippen MR) is 103 cm³/mol. The van der Waals surface area contributed by atoms with Gasteiger partial charge in [-0.15, -0.1) is 0 Å². The van der Waals surface area contributed by atoms with E-state index in [2.05, 4.69) is 15.8 Å². The van der Waals surface area contributed by atoms with Crippen LogP contribution in [0.3, 0.4) is 0 Å². The van der Waals surface area contributed by atoms with E-state index in [1.807, 2.05) is 6.92 Å². The van der Waals surface area contributed by atoms with Crippen LogP contribution in [0.25, 0.3) is 0 Å². The summed E-state index contributed by atoms with van der Waals surface area (Å²) in [7, 11) is 0. The molecule has 1 saturated heterocycles. The van der Waals surface area contributed by atoms with Gasteiger partial charge in [0.05, 0.1) is 19.4 Å². The Labute approximate surface area is 164 Å². The second-order valence-corrected chi connectivity index (χ2v) is 6.30. The first-order valence-corrected chi connectivity index (χ1v) is 9.22. The number of carbonyl (C=O) groups excluding carboxylic acids is 3. The fraction of sp³-hybridized carbons (Fsp3) is 0.474. The fourth-order valence-corrected chi connectivity index (χ4v) is 2.36. The van der Waals surface area contributed by atoms with Crippen molar-refractivity contribution in [3.05, 3.63) is 29.8 Å². The van der Waals surface area contributed by atoms with Crippen LogP contribution in [0.1, 0.15) is 25.8 Å². The molecular weight excluding hydrogens is 364 g/mol. The number of carbonyl (C=O) groups is 3. The molecule has 0 spiro atoms. The number of nitrogens with one attached hydrogen (secondary N) is 2. The Morgan fingerprint density at radius 3 is 2.68 bits per heavy atom. The molecule has 0 radical (unpaired) electrons. The third kappa shape index (κ3) is 6.66. The van der Waals surface area contributed by atoms with Crippen LogP contribution in [-0.4, -0.2) is 67.8 Å². The largest absolute Gasteiger partial charge is 0.483 e. The van der Waals surface area contributed by atoms with Crippen LogP contribution in [0.5, 0.6) is 5.75 Å². The van der Waals surface area contributed by atoms with Crippen molar-refractivity contribution in [1.29, 1.82) is 0 Å². The van der Waals surface area contributed by atoms with Crippen LogP contribution in [0, 0.1) is 0 Å². The molecule has 1 aliphatic rings. The van der Waals surface area contributed by atoms with Gasteiger partial charge in [0, 0.05) is 24.7 Å². The Kier molecular flexibility index (Phi) is 8.41. The monoisotopic (exact) mass is 390 g/mol. The second-order valence-electron chi connectivity index (χ2n) is 6.30. The van der Waals surface area contributed by atoms with Gasteiger partial charge < -0.3 is 19.7 Å². The minimum absolute atomic E-state index is 0.0969. The second kappa shape index (κ2) is 11.0. The third-order valence-electron chi connectivity index (χ3n) is 4.20. The first-order valence-electron chi connectivity index (χ1n) is 9.22. The maximum atomic E-state index is 12.2. The predicted octanol–water partition coefficient (Wildman–Crippen LogP) is 0.289. The lowest BCUT2D eigenvalue weighted by atomic mass is 10.2. The van der Waals surface area contributed by atoms with Crippen molar-refractivity contribution >= 4 is 23.9 Å². The van der Waals surface area contributed by atoms with E-state index >= 15 is 0 Å². The van der Waals surface area contributed by atoms with E-state index in [0.717, 1.165) is 6.42 Å². The Morgan fingerprint density at radius 1 is 1.25 bits per heavy atom. The Balaban J connectivity index is 1.88. The minimum atomic E-state index is -0.850. The highest BCUT2D eigenvalue weighted by molar-refractivity contribution is 6.35. The summed E-state index contributed by atoms with van der Waals surface area (Å²) < 4.78 is 10.8. The summed E-state index contributed by atoms with van der Waals surface area (Å²) in [5.74, 6) is -1.26. The van der Waals surface area contributed by atoms with E-state index in [0.29, 0.717) is 37.6 Å². The molecule has 1 atom stereocenters. The van der Waals surface area contributed by atoms with Crippen LogP contribution in [0.15, 0.2) is 29.4 Å². The molecular formula is C19H26N4O5. The quantitative estimate of drug-likeness (QED) is 0.395. The maximum absolute atomic E-state index is 12.2. The standard InChI is InChI=1S/C19H26N4O5/c1-3-14(2)21-18(25)19(26)22-20-12-15-6-4-5-7-16(15)28-13-17(24)23-8-10-27-11-9-23/h4-7,12,14H,3,8-11,13H2,1-2H3,(H,21,25)(H,22,26)/b20-12-/t14-/m0/s1. The highest BCUT2D eigenvalue weighted by atomic mass is 16.5. The van der Waals surface area contributed by atoms with E-state index in [1.54, 1.807) is 36.1 Å². The van der Waals surface area contributed by atoms with Crippen molar-refractivity contribution in [3.63, 3.8) is 0 Å². The number of benzene rings is 1. The summed E-state index contributed by atoms with van der Waals surface area (Å²) in [4.78, 5) is 37.3. The SMILES string of the molecule is CC[C@H](C)NC(=O)C(=O)N/N=C\c1ccccc1OCC(=O)N1CCOCC1. The molecule has 1 fully saturated rings. The molecule has 9 nitrogen and oxygen atoms in total. The lowest BCUT2D eigenvalue weighted by molar-refractivity contribution is -0.139. The molecule has 0 unspecified atom stereocenters. The van der Waals surface area contributed by atoms with Gasteiger partial charge in [0.2, 0.25) is 0 Å². The molecule has 0 bridgehead atoms. The number of rotatable bonds is 7. The molecule has 152 valence electrons. The smallest absolute Gasteiger partial charge is 0.329 e. The number of nitrogens with zero attached hydrogens (tertiary/aromatic N) is 2. The minimum Gasteiger partial charge on any atom is -0.483 e. The first kappa shape index (κ1) is 21.4. The number of hydrogen-bond donors (Lipinski definition) is 2. The van der Waals surface area contributed by atoms with E-state index in [-0.39, 0.29) is 18.6 Å². The third-order valence-corrected chi connectivity index (χ3v) is 4.20. The normalized spacial score (nSPS) is 15.1. The van der Waals surface area contributed by atoms with Crippen molar-refractivity contribution < 1.29 is 23.9 Å².